The third kappa shape index (κ3) is 12.6. The Morgan fingerprint density at radius 1 is 1.05 bits per heavy atom. The van der Waals surface area contributed by atoms with E-state index in [2.05, 4.69) is 12.8 Å². The highest BCUT2D eigenvalue weighted by atomic mass is 35.5. The number of aliphatic hydroxyl groups excluding tert-OH is 3. The maximum absolute atomic E-state index is 10.4. The average molecular weight is 600 g/mol. The van der Waals surface area contributed by atoms with Crippen LogP contribution in [0.5, 0.6) is 5.75 Å². The van der Waals surface area contributed by atoms with Crippen LogP contribution in [0.1, 0.15) is 48.1 Å². The molecule has 0 spiro atoms. The first-order valence-corrected chi connectivity index (χ1v) is 13.9. The fourth-order valence-electron chi connectivity index (χ4n) is 4.30. The van der Waals surface area contributed by atoms with Gasteiger partial charge in [0.25, 0.3) is 0 Å². The molecule has 4 atom stereocenters. The predicted octanol–water partition coefficient (Wildman–Crippen LogP) is 4.40. The molecule has 1 aliphatic rings. The first kappa shape index (κ1) is 36.6. The number of carboxylic acid groups (broad SMARTS) is 1. The molecule has 1 saturated heterocycles. The SMILES string of the molecule is C#C.CCOc1ccc(Cc2cc([C@H]3C[C@@H](O)C[C@@H](CO)O3)ccc2Cl)cc1.CO.N[C@@H](Cc1ccccc1)C(=O)O. The van der Waals surface area contributed by atoms with Crippen LogP contribution in [-0.4, -0.2) is 65.0 Å². The zero-order valence-electron chi connectivity index (χ0n) is 24.1. The lowest BCUT2D eigenvalue weighted by Crippen LogP contribution is -2.33. The number of carboxylic acids is 1. The van der Waals surface area contributed by atoms with Crippen LogP contribution in [0.2, 0.25) is 5.02 Å². The second-order valence-corrected chi connectivity index (χ2v) is 9.70. The number of ether oxygens (including phenoxy) is 2. The summed E-state index contributed by atoms with van der Waals surface area (Å²) in [7, 11) is 1.00. The van der Waals surface area contributed by atoms with Crippen LogP contribution < -0.4 is 10.5 Å². The Balaban J connectivity index is 0.000000462. The number of rotatable bonds is 9. The highest BCUT2D eigenvalue weighted by molar-refractivity contribution is 6.31. The molecule has 0 bridgehead atoms. The molecule has 1 aliphatic heterocycles. The summed E-state index contributed by atoms with van der Waals surface area (Å²) in [5.41, 5.74) is 9.43. The van der Waals surface area contributed by atoms with Crippen LogP contribution in [0.15, 0.2) is 72.8 Å². The third-order valence-electron chi connectivity index (χ3n) is 6.27. The summed E-state index contributed by atoms with van der Waals surface area (Å²) in [6, 6.07) is 22.4. The van der Waals surface area contributed by atoms with Crippen molar-refractivity contribution >= 4 is 17.6 Å². The number of carbonyl (C=O) groups is 1. The molecule has 0 saturated carbocycles. The molecule has 8 nitrogen and oxygen atoms in total. The molecule has 1 fully saturated rings. The van der Waals surface area contributed by atoms with Gasteiger partial charge in [-0.1, -0.05) is 66.2 Å². The largest absolute Gasteiger partial charge is 0.494 e. The van der Waals surface area contributed by atoms with E-state index in [1.54, 1.807) is 0 Å². The maximum Gasteiger partial charge on any atom is 0.320 e. The lowest BCUT2D eigenvalue weighted by atomic mass is 9.94. The van der Waals surface area contributed by atoms with Gasteiger partial charge >= 0.3 is 5.97 Å². The van der Waals surface area contributed by atoms with E-state index in [1.807, 2.05) is 79.7 Å². The summed E-state index contributed by atoms with van der Waals surface area (Å²) in [5, 5.41) is 35.6. The molecule has 0 radical (unpaired) electrons. The second-order valence-electron chi connectivity index (χ2n) is 9.29. The van der Waals surface area contributed by atoms with Gasteiger partial charge < -0.3 is 35.6 Å². The zero-order chi connectivity index (χ0) is 31.5. The smallest absolute Gasteiger partial charge is 0.320 e. The summed E-state index contributed by atoms with van der Waals surface area (Å²) in [5.74, 6) is -0.102. The Morgan fingerprint density at radius 3 is 2.26 bits per heavy atom. The van der Waals surface area contributed by atoms with Gasteiger partial charge in [0.15, 0.2) is 0 Å². The number of benzene rings is 3. The zero-order valence-corrected chi connectivity index (χ0v) is 24.9. The summed E-state index contributed by atoms with van der Waals surface area (Å²) >= 11 is 6.40. The van der Waals surface area contributed by atoms with Crippen molar-refractivity contribution in [2.24, 2.45) is 5.73 Å². The predicted molar refractivity (Wildman–Crippen MR) is 166 cm³/mol. The van der Waals surface area contributed by atoms with Crippen molar-refractivity contribution in [2.45, 2.75) is 57.0 Å². The Kier molecular flexibility index (Phi) is 17.8. The van der Waals surface area contributed by atoms with Crippen molar-refractivity contribution in [3.05, 3.63) is 100 Å². The van der Waals surface area contributed by atoms with Crippen molar-refractivity contribution in [1.82, 2.24) is 0 Å². The van der Waals surface area contributed by atoms with Gasteiger partial charge in [-0.3, -0.25) is 4.79 Å². The van der Waals surface area contributed by atoms with E-state index >= 15 is 0 Å². The first-order valence-electron chi connectivity index (χ1n) is 13.5. The van der Waals surface area contributed by atoms with E-state index in [9.17, 15) is 15.0 Å². The van der Waals surface area contributed by atoms with Gasteiger partial charge in [-0.05, 0) is 60.2 Å². The summed E-state index contributed by atoms with van der Waals surface area (Å²) in [6.07, 6.45) is 9.08. The maximum atomic E-state index is 10.4. The standard InChI is InChI=1S/C21H25ClO4.C9H11NO2.C2H2.CH4O/c1-2-25-18-6-3-14(4-7-18)9-16-10-15(5-8-20(16)22)21-12-17(24)11-19(13-23)26-21;10-8(9(11)12)6-7-4-2-1-3-5-7;2*1-2/h3-8,10,17,19,21,23-24H,2,9,11-13H2,1H3;1-5,8H,6,10H2,(H,11,12);1-2H;2H,1H3/t17-,19-,21+;8-;;/m00../s1. The van der Waals surface area contributed by atoms with E-state index < -0.39 is 18.1 Å². The van der Waals surface area contributed by atoms with E-state index in [-0.39, 0.29) is 18.8 Å². The van der Waals surface area contributed by atoms with E-state index in [0.717, 1.165) is 35.1 Å². The normalized spacial score (nSPS) is 18.0. The minimum atomic E-state index is -0.959. The molecular weight excluding hydrogens is 558 g/mol. The van der Waals surface area contributed by atoms with Crippen LogP contribution in [0.3, 0.4) is 0 Å². The lowest BCUT2D eigenvalue weighted by molar-refractivity contribution is -0.138. The summed E-state index contributed by atoms with van der Waals surface area (Å²) < 4.78 is 11.4. The molecule has 0 unspecified atom stereocenters. The fraction of sp³-hybridized carbons (Fsp3) is 0.364. The number of halogens is 1. The molecule has 42 heavy (non-hydrogen) atoms. The van der Waals surface area contributed by atoms with Gasteiger partial charge in [0.2, 0.25) is 0 Å². The number of terminal acetylenes is 1. The van der Waals surface area contributed by atoms with Crippen LogP contribution in [0.25, 0.3) is 0 Å². The van der Waals surface area contributed by atoms with Crippen LogP contribution in [0.4, 0.5) is 0 Å². The Hall–Kier alpha value is -3.42. The Bertz CT molecular complexity index is 1190. The summed E-state index contributed by atoms with van der Waals surface area (Å²) in [4.78, 5) is 10.4. The fourth-order valence-corrected chi connectivity index (χ4v) is 4.48. The molecule has 3 aromatic rings. The van der Waals surface area contributed by atoms with Gasteiger partial charge in [-0.25, -0.2) is 0 Å². The molecular formula is C33H42ClNO7. The molecule has 6 N–H and O–H groups in total. The molecule has 3 aromatic carbocycles. The topological polar surface area (TPSA) is 142 Å². The average Bonchev–Trinajstić information content (AvgIpc) is 3.02. The van der Waals surface area contributed by atoms with Gasteiger partial charge in [-0.2, -0.15) is 0 Å². The number of aliphatic carboxylic acids is 1. The van der Waals surface area contributed by atoms with E-state index in [1.165, 1.54) is 0 Å². The minimum absolute atomic E-state index is 0.0831. The number of aliphatic hydroxyl groups is 3. The van der Waals surface area contributed by atoms with Gasteiger partial charge in [-0.15, -0.1) is 12.8 Å². The van der Waals surface area contributed by atoms with Crippen molar-refractivity contribution in [2.75, 3.05) is 20.3 Å². The molecule has 0 aliphatic carbocycles. The van der Waals surface area contributed by atoms with Crippen LogP contribution in [-0.2, 0) is 22.4 Å². The molecule has 228 valence electrons. The third-order valence-corrected chi connectivity index (χ3v) is 6.64. The van der Waals surface area contributed by atoms with E-state index in [4.69, 9.17) is 37.0 Å². The quantitative estimate of drug-likeness (QED) is 0.228. The molecule has 4 rings (SSSR count). The number of hydrogen-bond donors (Lipinski definition) is 5. The van der Waals surface area contributed by atoms with E-state index in [0.29, 0.717) is 37.3 Å². The van der Waals surface area contributed by atoms with Gasteiger partial charge in [0.05, 0.1) is 31.5 Å². The Labute approximate surface area is 253 Å². The van der Waals surface area contributed by atoms with Crippen LogP contribution in [0, 0.1) is 12.8 Å². The highest BCUT2D eigenvalue weighted by Crippen LogP contribution is 2.33. The van der Waals surface area contributed by atoms with Crippen molar-refractivity contribution < 1.29 is 34.7 Å². The van der Waals surface area contributed by atoms with Crippen molar-refractivity contribution in [1.29, 1.82) is 0 Å². The van der Waals surface area contributed by atoms with Crippen LogP contribution >= 0.6 is 11.6 Å². The van der Waals surface area contributed by atoms with Gasteiger partial charge in [0, 0.05) is 25.0 Å². The molecule has 0 amide bonds. The van der Waals surface area contributed by atoms with Crippen molar-refractivity contribution in [3.8, 4) is 18.6 Å². The minimum Gasteiger partial charge on any atom is -0.494 e. The second kappa shape index (κ2) is 20.5. The molecule has 1 heterocycles. The molecule has 0 aromatic heterocycles. The monoisotopic (exact) mass is 599 g/mol. The Morgan fingerprint density at radius 2 is 1.69 bits per heavy atom. The highest BCUT2D eigenvalue weighted by Gasteiger charge is 2.29. The number of nitrogens with two attached hydrogens (primary N) is 1. The first-order chi connectivity index (χ1) is 20.3. The number of hydrogen-bond acceptors (Lipinski definition) is 7. The summed E-state index contributed by atoms with van der Waals surface area (Å²) in [6.45, 7) is 2.53. The lowest BCUT2D eigenvalue weighted by Gasteiger charge is -2.32. The van der Waals surface area contributed by atoms with Gasteiger partial charge in [0.1, 0.15) is 11.8 Å². The molecule has 9 heteroatoms. The van der Waals surface area contributed by atoms with Crippen molar-refractivity contribution in [3.63, 3.8) is 0 Å².